The molecule has 0 saturated carbocycles. The lowest BCUT2D eigenvalue weighted by Gasteiger charge is -2.17. The Hall–Kier alpha value is -2.95. The fourth-order valence-electron chi connectivity index (χ4n) is 2.56. The fourth-order valence-corrected chi connectivity index (χ4v) is 2.56. The Labute approximate surface area is 127 Å². The third-order valence-corrected chi connectivity index (χ3v) is 3.65. The smallest absolute Gasteiger partial charge is 0.337 e. The van der Waals surface area contributed by atoms with Crippen LogP contribution in [0.4, 0.5) is 5.69 Å². The second kappa shape index (κ2) is 5.11. The number of anilines is 1. The Bertz CT molecular complexity index is 775. The lowest BCUT2D eigenvalue weighted by Crippen LogP contribution is -2.30. The first-order valence-electron chi connectivity index (χ1n) is 6.71. The van der Waals surface area contributed by atoms with Crippen molar-refractivity contribution in [3.63, 3.8) is 0 Å². The molecule has 0 bridgehead atoms. The molecule has 110 valence electrons. The Morgan fingerprint density at radius 3 is 2.09 bits per heavy atom. The zero-order valence-electron chi connectivity index (χ0n) is 12.1. The average molecular weight is 295 g/mol. The van der Waals surface area contributed by atoms with E-state index in [4.69, 9.17) is 0 Å². The zero-order chi connectivity index (χ0) is 15.9. The highest BCUT2D eigenvalue weighted by Crippen LogP contribution is 2.30. The topological polar surface area (TPSA) is 63.7 Å². The largest absolute Gasteiger partial charge is 0.465 e. The summed E-state index contributed by atoms with van der Waals surface area (Å²) in [5, 5.41) is 0. The molecule has 3 rings (SSSR count). The fraction of sp³-hybridized carbons (Fsp3) is 0.118. The first-order valence-corrected chi connectivity index (χ1v) is 6.71. The molecule has 0 atom stereocenters. The van der Waals surface area contributed by atoms with Gasteiger partial charge in [0.15, 0.2) is 0 Å². The van der Waals surface area contributed by atoms with Crippen molar-refractivity contribution in [2.45, 2.75) is 6.92 Å². The number of methoxy groups -OCH3 is 1. The van der Waals surface area contributed by atoms with Gasteiger partial charge in [0, 0.05) is 0 Å². The quantitative estimate of drug-likeness (QED) is 0.631. The molecule has 2 aromatic carbocycles. The molecule has 0 fully saturated rings. The highest BCUT2D eigenvalue weighted by Gasteiger charge is 2.36. The summed E-state index contributed by atoms with van der Waals surface area (Å²) >= 11 is 0. The van der Waals surface area contributed by atoms with E-state index in [9.17, 15) is 14.4 Å². The summed E-state index contributed by atoms with van der Waals surface area (Å²) in [4.78, 5) is 37.6. The molecule has 2 amide bonds. The first-order chi connectivity index (χ1) is 10.5. The first kappa shape index (κ1) is 14.0. The number of rotatable bonds is 2. The molecule has 1 aliphatic rings. The van der Waals surface area contributed by atoms with Crippen LogP contribution in [0.1, 0.15) is 36.6 Å². The van der Waals surface area contributed by atoms with Crippen molar-refractivity contribution in [1.82, 2.24) is 0 Å². The maximum atomic E-state index is 12.4. The summed E-state index contributed by atoms with van der Waals surface area (Å²) in [5.41, 5.74) is 2.28. The molecule has 0 radical (unpaired) electrons. The molecule has 2 aromatic rings. The molecule has 5 heteroatoms. The number of carbonyl (C=O) groups excluding carboxylic acids is 3. The van der Waals surface area contributed by atoms with Crippen LogP contribution in [-0.2, 0) is 4.74 Å². The van der Waals surface area contributed by atoms with Gasteiger partial charge in [0.1, 0.15) is 0 Å². The summed E-state index contributed by atoms with van der Waals surface area (Å²) in [7, 11) is 1.30. The van der Waals surface area contributed by atoms with Crippen molar-refractivity contribution < 1.29 is 19.1 Å². The van der Waals surface area contributed by atoms with E-state index >= 15 is 0 Å². The van der Waals surface area contributed by atoms with Crippen LogP contribution in [0.15, 0.2) is 42.5 Å². The van der Waals surface area contributed by atoms with Gasteiger partial charge in [-0.25, -0.2) is 9.69 Å². The molecule has 5 nitrogen and oxygen atoms in total. The number of hydrogen-bond donors (Lipinski definition) is 0. The van der Waals surface area contributed by atoms with Crippen LogP contribution in [0.5, 0.6) is 0 Å². The van der Waals surface area contributed by atoms with Gasteiger partial charge in [0.05, 0.1) is 29.5 Å². The Balaban J connectivity index is 2.05. The van der Waals surface area contributed by atoms with Gasteiger partial charge in [0.2, 0.25) is 0 Å². The van der Waals surface area contributed by atoms with Gasteiger partial charge < -0.3 is 4.74 Å². The van der Waals surface area contributed by atoms with Crippen LogP contribution in [-0.4, -0.2) is 24.9 Å². The maximum absolute atomic E-state index is 12.4. The molecule has 0 unspecified atom stereocenters. The Kier molecular flexibility index (Phi) is 3.25. The summed E-state index contributed by atoms with van der Waals surface area (Å²) < 4.78 is 4.66. The minimum absolute atomic E-state index is 0.352. The predicted octanol–water partition coefficient (Wildman–Crippen LogP) is 2.58. The highest BCUT2D eigenvalue weighted by atomic mass is 16.5. The molecule has 0 saturated heterocycles. The van der Waals surface area contributed by atoms with E-state index in [1.165, 1.54) is 13.2 Å². The molecule has 1 aliphatic heterocycles. The lowest BCUT2D eigenvalue weighted by molar-refractivity contribution is 0.0600. The van der Waals surface area contributed by atoms with Crippen LogP contribution >= 0.6 is 0 Å². The number of benzene rings is 2. The number of amides is 2. The molecule has 0 N–H and O–H groups in total. The maximum Gasteiger partial charge on any atom is 0.337 e. The second-order valence-corrected chi connectivity index (χ2v) is 4.98. The van der Waals surface area contributed by atoms with E-state index in [1.807, 2.05) is 0 Å². The molecule has 0 aromatic heterocycles. The van der Waals surface area contributed by atoms with E-state index in [2.05, 4.69) is 4.74 Å². The third-order valence-electron chi connectivity index (χ3n) is 3.65. The zero-order valence-corrected chi connectivity index (χ0v) is 12.1. The van der Waals surface area contributed by atoms with Gasteiger partial charge in [-0.2, -0.15) is 0 Å². The van der Waals surface area contributed by atoms with Gasteiger partial charge in [-0.05, 0) is 42.8 Å². The Morgan fingerprint density at radius 1 is 1.00 bits per heavy atom. The van der Waals surface area contributed by atoms with Gasteiger partial charge in [-0.3, -0.25) is 9.59 Å². The minimum atomic E-state index is -0.461. The lowest BCUT2D eigenvalue weighted by atomic mass is 10.1. The number of hydrogen-bond acceptors (Lipinski definition) is 4. The summed E-state index contributed by atoms with van der Waals surface area (Å²) in [6.07, 6.45) is 0. The van der Waals surface area contributed by atoms with Crippen molar-refractivity contribution in [1.29, 1.82) is 0 Å². The van der Waals surface area contributed by atoms with Crippen LogP contribution < -0.4 is 4.90 Å². The monoisotopic (exact) mass is 295 g/mol. The number of imide groups is 1. The van der Waals surface area contributed by atoms with Crippen molar-refractivity contribution in [2.24, 2.45) is 0 Å². The van der Waals surface area contributed by atoms with E-state index in [0.717, 1.165) is 4.90 Å². The molecular formula is C17H13NO4. The van der Waals surface area contributed by atoms with E-state index in [1.54, 1.807) is 43.3 Å². The third kappa shape index (κ3) is 1.98. The predicted molar refractivity (Wildman–Crippen MR) is 80.1 cm³/mol. The Morgan fingerprint density at radius 2 is 1.59 bits per heavy atom. The van der Waals surface area contributed by atoms with Gasteiger partial charge in [0.25, 0.3) is 11.8 Å². The molecule has 22 heavy (non-hydrogen) atoms. The van der Waals surface area contributed by atoms with Crippen LogP contribution in [0.25, 0.3) is 0 Å². The molecule has 0 spiro atoms. The number of aryl methyl sites for hydroxylation is 1. The number of carbonyl (C=O) groups is 3. The van der Waals surface area contributed by atoms with E-state index in [0.29, 0.717) is 27.9 Å². The van der Waals surface area contributed by atoms with E-state index in [-0.39, 0.29) is 11.8 Å². The van der Waals surface area contributed by atoms with Gasteiger partial charge >= 0.3 is 5.97 Å². The van der Waals surface area contributed by atoms with Crippen molar-refractivity contribution in [3.8, 4) is 0 Å². The summed E-state index contributed by atoms with van der Waals surface area (Å²) in [6, 6.07) is 11.4. The SMILES string of the molecule is COC(=O)c1ccc(N2C(=O)c3ccccc3C2=O)c(C)c1. The van der Waals surface area contributed by atoms with Crippen LogP contribution in [0, 0.1) is 6.92 Å². The number of ether oxygens (including phenoxy) is 1. The molecular weight excluding hydrogens is 282 g/mol. The molecule has 0 aliphatic carbocycles. The summed E-state index contributed by atoms with van der Waals surface area (Å²) in [6.45, 7) is 1.74. The normalized spacial score (nSPS) is 13.3. The van der Waals surface area contributed by atoms with E-state index < -0.39 is 5.97 Å². The minimum Gasteiger partial charge on any atom is -0.465 e. The van der Waals surface area contributed by atoms with Crippen molar-refractivity contribution >= 4 is 23.5 Å². The van der Waals surface area contributed by atoms with Crippen LogP contribution in [0.3, 0.4) is 0 Å². The highest BCUT2D eigenvalue weighted by molar-refractivity contribution is 6.34. The van der Waals surface area contributed by atoms with Gasteiger partial charge in [-0.15, -0.1) is 0 Å². The number of nitrogens with zero attached hydrogens (tertiary/aromatic N) is 1. The van der Waals surface area contributed by atoms with Gasteiger partial charge in [-0.1, -0.05) is 12.1 Å². The number of fused-ring (bicyclic) bond motifs is 1. The second-order valence-electron chi connectivity index (χ2n) is 4.98. The summed E-state index contributed by atoms with van der Waals surface area (Å²) in [5.74, 6) is -1.17. The van der Waals surface area contributed by atoms with Crippen LogP contribution in [0.2, 0.25) is 0 Å². The van der Waals surface area contributed by atoms with Crippen molar-refractivity contribution in [2.75, 3.05) is 12.0 Å². The average Bonchev–Trinajstić information content (AvgIpc) is 2.79. The standard InChI is InChI=1S/C17H13NO4/c1-10-9-11(17(21)22-2)7-8-14(10)18-15(19)12-5-3-4-6-13(12)16(18)20/h3-9H,1-2H3. The number of esters is 1. The molecule has 1 heterocycles. The van der Waals surface area contributed by atoms with Crippen molar-refractivity contribution in [3.05, 3.63) is 64.7 Å².